The molecule has 0 fully saturated rings. The van der Waals surface area contributed by atoms with Gasteiger partial charge in [0.1, 0.15) is 16.6 Å². The Kier molecular flexibility index (Phi) is 4.30. The quantitative estimate of drug-likeness (QED) is 0.748. The van der Waals surface area contributed by atoms with Crippen molar-refractivity contribution < 1.29 is 4.74 Å². The highest BCUT2D eigenvalue weighted by molar-refractivity contribution is 8.15. The van der Waals surface area contributed by atoms with E-state index in [0.717, 1.165) is 47.1 Å². The molecule has 0 spiro atoms. The van der Waals surface area contributed by atoms with Crippen LogP contribution in [0.5, 0.6) is 5.75 Å². The lowest BCUT2D eigenvalue weighted by atomic mass is 10.0. The number of allylic oxidation sites excluding steroid dienone is 4. The Morgan fingerprint density at radius 2 is 2.16 bits per heavy atom. The number of benzene rings is 1. The number of anilines is 1. The third-order valence-corrected chi connectivity index (χ3v) is 6.01. The van der Waals surface area contributed by atoms with Gasteiger partial charge < -0.3 is 9.64 Å². The summed E-state index contributed by atoms with van der Waals surface area (Å²) in [6, 6.07) is 6.40. The molecule has 1 atom stereocenters. The highest BCUT2D eigenvalue weighted by atomic mass is 32.2. The number of hydrogen-bond acceptors (Lipinski definition) is 4. The predicted molar refractivity (Wildman–Crippen MR) is 108 cm³/mol. The Labute approximate surface area is 153 Å². The topological polar surface area (TPSA) is 24.8 Å². The fraction of sp³-hybridized carbons (Fsp3) is 0.286. The first kappa shape index (κ1) is 16.3. The molecule has 0 saturated heterocycles. The number of rotatable bonds is 4. The molecule has 25 heavy (non-hydrogen) atoms. The minimum absolute atomic E-state index is 0.431. The van der Waals surface area contributed by atoms with Crippen LogP contribution in [0.3, 0.4) is 0 Å². The SMILES string of the molecule is C=C1Oc2cc(N(CC)CC)ccc2C=C1C1=NC2=CC=CCC2S1. The van der Waals surface area contributed by atoms with E-state index >= 15 is 0 Å². The lowest BCUT2D eigenvalue weighted by molar-refractivity contribution is 0.438. The average Bonchev–Trinajstić information content (AvgIpc) is 3.06. The zero-order chi connectivity index (χ0) is 17.4. The van der Waals surface area contributed by atoms with Gasteiger partial charge in [-0.15, -0.1) is 0 Å². The van der Waals surface area contributed by atoms with Crippen LogP contribution in [0.4, 0.5) is 5.69 Å². The van der Waals surface area contributed by atoms with Crippen molar-refractivity contribution in [2.24, 2.45) is 4.99 Å². The van der Waals surface area contributed by atoms with Gasteiger partial charge in [0.2, 0.25) is 0 Å². The molecule has 1 aliphatic carbocycles. The van der Waals surface area contributed by atoms with Crippen molar-refractivity contribution in [2.45, 2.75) is 25.5 Å². The Morgan fingerprint density at radius 1 is 1.32 bits per heavy atom. The fourth-order valence-corrected chi connectivity index (χ4v) is 4.52. The van der Waals surface area contributed by atoms with Gasteiger partial charge >= 0.3 is 0 Å². The molecular weight excluding hydrogens is 328 g/mol. The van der Waals surface area contributed by atoms with E-state index < -0.39 is 0 Å². The molecule has 0 bridgehead atoms. The van der Waals surface area contributed by atoms with Gasteiger partial charge in [-0.2, -0.15) is 0 Å². The molecule has 2 heterocycles. The van der Waals surface area contributed by atoms with Crippen LogP contribution in [0.15, 0.2) is 65.0 Å². The van der Waals surface area contributed by atoms with E-state index in [4.69, 9.17) is 9.73 Å². The molecule has 4 rings (SSSR count). The van der Waals surface area contributed by atoms with E-state index in [-0.39, 0.29) is 0 Å². The maximum atomic E-state index is 6.07. The Morgan fingerprint density at radius 3 is 2.92 bits per heavy atom. The van der Waals surface area contributed by atoms with Gasteiger partial charge in [-0.1, -0.05) is 30.5 Å². The predicted octanol–water partition coefficient (Wildman–Crippen LogP) is 5.18. The van der Waals surface area contributed by atoms with Gasteiger partial charge in [-0.05, 0) is 44.6 Å². The van der Waals surface area contributed by atoms with Crippen LogP contribution in [0.1, 0.15) is 25.8 Å². The smallest absolute Gasteiger partial charge is 0.136 e. The van der Waals surface area contributed by atoms with Crippen molar-refractivity contribution in [2.75, 3.05) is 18.0 Å². The van der Waals surface area contributed by atoms with Gasteiger partial charge in [0, 0.05) is 36.0 Å². The molecule has 0 N–H and O–H groups in total. The minimum Gasteiger partial charge on any atom is -0.457 e. The first-order chi connectivity index (χ1) is 12.2. The highest BCUT2D eigenvalue weighted by Crippen LogP contribution is 2.42. The van der Waals surface area contributed by atoms with Crippen molar-refractivity contribution in [1.82, 2.24) is 0 Å². The van der Waals surface area contributed by atoms with Gasteiger partial charge in [0.25, 0.3) is 0 Å². The molecule has 3 nitrogen and oxygen atoms in total. The molecule has 1 aromatic carbocycles. The summed E-state index contributed by atoms with van der Waals surface area (Å²) in [5.41, 5.74) is 4.43. The normalized spacial score (nSPS) is 21.0. The maximum Gasteiger partial charge on any atom is 0.136 e. The van der Waals surface area contributed by atoms with E-state index in [2.05, 4.69) is 67.8 Å². The number of nitrogens with zero attached hydrogens (tertiary/aromatic N) is 2. The molecule has 1 unspecified atom stereocenters. The van der Waals surface area contributed by atoms with Crippen LogP contribution in [0, 0.1) is 0 Å². The van der Waals surface area contributed by atoms with Crippen molar-refractivity contribution in [1.29, 1.82) is 0 Å². The van der Waals surface area contributed by atoms with Gasteiger partial charge in [-0.25, -0.2) is 4.99 Å². The molecule has 4 heteroatoms. The summed E-state index contributed by atoms with van der Waals surface area (Å²) in [5.74, 6) is 1.56. The van der Waals surface area contributed by atoms with Gasteiger partial charge in [0.05, 0.1) is 10.9 Å². The first-order valence-corrected chi connectivity index (χ1v) is 9.67. The minimum atomic E-state index is 0.431. The van der Waals surface area contributed by atoms with Crippen molar-refractivity contribution in [3.05, 3.63) is 65.6 Å². The molecule has 1 aromatic rings. The second-order valence-electron chi connectivity index (χ2n) is 6.26. The van der Waals surface area contributed by atoms with Crippen LogP contribution in [-0.4, -0.2) is 23.4 Å². The van der Waals surface area contributed by atoms with Crippen molar-refractivity contribution >= 4 is 28.6 Å². The van der Waals surface area contributed by atoms with Crippen LogP contribution in [0.2, 0.25) is 0 Å². The molecule has 0 amide bonds. The van der Waals surface area contributed by atoms with E-state index in [1.807, 2.05) is 11.8 Å². The fourth-order valence-electron chi connectivity index (χ4n) is 3.34. The summed E-state index contributed by atoms with van der Waals surface area (Å²) in [6.45, 7) is 10.4. The summed E-state index contributed by atoms with van der Waals surface area (Å²) in [7, 11) is 0. The van der Waals surface area contributed by atoms with Crippen LogP contribution in [-0.2, 0) is 0 Å². The van der Waals surface area contributed by atoms with E-state index in [1.165, 1.54) is 5.69 Å². The molecule has 0 radical (unpaired) electrons. The Hall–Kier alpha value is -2.20. The lowest BCUT2D eigenvalue weighted by Crippen LogP contribution is -2.22. The standard InChI is InChI=1S/C21H22N2OS/c1-4-23(5-2)16-11-10-15-12-17(14(3)24-19(15)13-16)21-22-18-8-6-7-9-20(18)25-21/h6-8,10-13,20H,3-5,9H2,1-2H3. The van der Waals surface area contributed by atoms with E-state index in [9.17, 15) is 0 Å². The summed E-state index contributed by atoms with van der Waals surface area (Å²) >= 11 is 1.81. The Bertz CT molecular complexity index is 843. The van der Waals surface area contributed by atoms with Crippen LogP contribution < -0.4 is 9.64 Å². The number of hydrogen-bond donors (Lipinski definition) is 0. The molecular formula is C21H22N2OS. The molecule has 0 aromatic heterocycles. The Balaban J connectivity index is 1.66. The van der Waals surface area contributed by atoms with E-state index in [1.54, 1.807) is 0 Å². The zero-order valence-corrected chi connectivity index (χ0v) is 15.5. The van der Waals surface area contributed by atoms with Crippen LogP contribution in [0.25, 0.3) is 6.08 Å². The molecule has 2 aliphatic heterocycles. The monoisotopic (exact) mass is 350 g/mol. The lowest BCUT2D eigenvalue weighted by Gasteiger charge is -2.25. The summed E-state index contributed by atoms with van der Waals surface area (Å²) < 4.78 is 6.07. The van der Waals surface area contributed by atoms with Gasteiger partial charge in [-0.3, -0.25) is 0 Å². The zero-order valence-electron chi connectivity index (χ0n) is 14.7. The molecule has 0 saturated carbocycles. The number of thioether (sulfide) groups is 1. The number of ether oxygens (including phenoxy) is 1. The average molecular weight is 350 g/mol. The third kappa shape index (κ3) is 2.95. The third-order valence-electron chi connectivity index (χ3n) is 4.76. The van der Waals surface area contributed by atoms with Crippen LogP contribution >= 0.6 is 11.8 Å². The molecule has 3 aliphatic rings. The van der Waals surface area contributed by atoms with E-state index in [0.29, 0.717) is 11.0 Å². The summed E-state index contributed by atoms with van der Waals surface area (Å²) in [5, 5.41) is 1.45. The number of fused-ring (bicyclic) bond motifs is 2. The largest absolute Gasteiger partial charge is 0.457 e. The first-order valence-electron chi connectivity index (χ1n) is 8.80. The maximum absolute atomic E-state index is 6.07. The number of aliphatic imine (C=N–C) groups is 1. The summed E-state index contributed by atoms with van der Waals surface area (Å²) in [6.07, 6.45) is 9.58. The highest BCUT2D eigenvalue weighted by Gasteiger charge is 2.30. The summed E-state index contributed by atoms with van der Waals surface area (Å²) in [4.78, 5) is 7.11. The van der Waals surface area contributed by atoms with Crippen molar-refractivity contribution in [3.63, 3.8) is 0 Å². The second kappa shape index (κ2) is 6.60. The van der Waals surface area contributed by atoms with Crippen molar-refractivity contribution in [3.8, 4) is 5.75 Å². The van der Waals surface area contributed by atoms with Gasteiger partial charge in [0.15, 0.2) is 0 Å². The molecule has 128 valence electrons. The second-order valence-corrected chi connectivity index (χ2v) is 7.45.